The Bertz CT molecular complexity index is 1060. The van der Waals surface area contributed by atoms with Crippen LogP contribution in [0.5, 0.6) is 0 Å². The third-order valence-electron chi connectivity index (χ3n) is 4.82. The fourth-order valence-electron chi connectivity index (χ4n) is 3.50. The highest BCUT2D eigenvalue weighted by Gasteiger charge is 2.29. The molecule has 0 radical (unpaired) electrons. The molecule has 1 amide bonds. The van der Waals surface area contributed by atoms with Crippen molar-refractivity contribution in [2.24, 2.45) is 0 Å². The van der Waals surface area contributed by atoms with E-state index in [9.17, 15) is 9.59 Å². The summed E-state index contributed by atoms with van der Waals surface area (Å²) in [6, 6.07) is 3.99. The van der Waals surface area contributed by atoms with E-state index in [0.29, 0.717) is 19.1 Å². The van der Waals surface area contributed by atoms with Gasteiger partial charge in [0.1, 0.15) is 12.2 Å². The lowest BCUT2D eigenvalue weighted by Crippen LogP contribution is -2.21. The highest BCUT2D eigenvalue weighted by Crippen LogP contribution is 2.33. The number of carbonyl (C=O) groups is 2. The maximum Gasteiger partial charge on any atom is 0.325 e. The fourth-order valence-corrected chi connectivity index (χ4v) is 3.50. The second-order valence-corrected chi connectivity index (χ2v) is 6.91. The lowest BCUT2D eigenvalue weighted by molar-refractivity contribution is -0.140. The Morgan fingerprint density at radius 2 is 2.14 bits per heavy atom. The number of fused-ring (bicyclic) bond motifs is 3. The average molecular weight is 394 g/mol. The van der Waals surface area contributed by atoms with E-state index in [1.807, 2.05) is 29.7 Å². The number of anilines is 1. The molecular weight excluding hydrogens is 372 g/mol. The molecule has 3 aromatic rings. The van der Waals surface area contributed by atoms with Crippen LogP contribution in [-0.2, 0) is 20.9 Å². The highest BCUT2D eigenvalue weighted by atomic mass is 16.5. The van der Waals surface area contributed by atoms with Crippen molar-refractivity contribution in [3.8, 4) is 0 Å². The number of aryl methyl sites for hydroxylation is 1. The van der Waals surface area contributed by atoms with Crippen LogP contribution in [0.1, 0.15) is 41.8 Å². The van der Waals surface area contributed by atoms with E-state index in [-0.39, 0.29) is 30.8 Å². The van der Waals surface area contributed by atoms with E-state index in [2.05, 4.69) is 20.6 Å². The average Bonchev–Trinajstić information content (AvgIpc) is 2.98. The van der Waals surface area contributed by atoms with Crippen LogP contribution >= 0.6 is 0 Å². The topological polar surface area (TPSA) is 111 Å². The number of aromatic nitrogens is 4. The lowest BCUT2D eigenvalue weighted by atomic mass is 9.94. The molecule has 3 aromatic heterocycles. The number of esters is 1. The molecule has 4 heterocycles. The first-order chi connectivity index (χ1) is 14.0. The Labute approximate surface area is 167 Å². The van der Waals surface area contributed by atoms with Gasteiger partial charge < -0.3 is 19.8 Å². The molecule has 0 saturated carbocycles. The molecular formula is C20H22N6O3. The molecule has 0 unspecified atom stereocenters. The van der Waals surface area contributed by atoms with Gasteiger partial charge in [-0.05, 0) is 31.0 Å². The molecule has 0 aliphatic carbocycles. The van der Waals surface area contributed by atoms with E-state index in [1.54, 1.807) is 19.3 Å². The summed E-state index contributed by atoms with van der Waals surface area (Å²) in [4.78, 5) is 37.1. The summed E-state index contributed by atoms with van der Waals surface area (Å²) in [5.74, 6) is -0.303. The van der Waals surface area contributed by atoms with Crippen molar-refractivity contribution < 1.29 is 14.3 Å². The molecule has 4 rings (SSSR count). The number of imidazole rings is 1. The molecule has 0 aromatic carbocycles. The third-order valence-corrected chi connectivity index (χ3v) is 4.82. The van der Waals surface area contributed by atoms with Crippen LogP contribution in [0.4, 0.5) is 5.95 Å². The minimum Gasteiger partial charge on any atom is -0.465 e. The second-order valence-electron chi connectivity index (χ2n) is 6.91. The van der Waals surface area contributed by atoms with E-state index in [1.165, 1.54) is 0 Å². The van der Waals surface area contributed by atoms with Gasteiger partial charge in [-0.15, -0.1) is 0 Å². The maximum atomic E-state index is 12.3. The van der Waals surface area contributed by atoms with Crippen LogP contribution in [0.2, 0.25) is 0 Å². The van der Waals surface area contributed by atoms with Gasteiger partial charge in [0.2, 0.25) is 11.9 Å². The van der Waals surface area contributed by atoms with Crippen LogP contribution in [0.15, 0.2) is 30.7 Å². The number of nitrogens with zero attached hydrogens (tertiary/aromatic N) is 4. The van der Waals surface area contributed by atoms with Crippen LogP contribution < -0.4 is 10.6 Å². The number of hydrogen-bond donors (Lipinski definition) is 2. The molecule has 9 nitrogen and oxygen atoms in total. The Morgan fingerprint density at radius 3 is 2.90 bits per heavy atom. The normalized spacial score (nSPS) is 16.1. The summed E-state index contributed by atoms with van der Waals surface area (Å²) in [5, 5.41) is 5.75. The molecule has 1 aliphatic heterocycles. The number of hydrogen-bond acceptors (Lipinski definition) is 7. The zero-order valence-electron chi connectivity index (χ0n) is 16.3. The summed E-state index contributed by atoms with van der Waals surface area (Å²) in [5.41, 5.74) is 4.58. The van der Waals surface area contributed by atoms with Gasteiger partial charge in [0.25, 0.3) is 0 Å². The molecule has 29 heavy (non-hydrogen) atoms. The number of rotatable bonds is 5. The number of amides is 1. The van der Waals surface area contributed by atoms with Crippen molar-refractivity contribution in [2.45, 2.75) is 32.7 Å². The summed E-state index contributed by atoms with van der Waals surface area (Å²) in [6.45, 7) is 4.49. The zero-order chi connectivity index (χ0) is 20.4. The Balaban J connectivity index is 1.65. The molecule has 150 valence electrons. The molecule has 1 aliphatic rings. The van der Waals surface area contributed by atoms with Gasteiger partial charge >= 0.3 is 5.97 Å². The quantitative estimate of drug-likeness (QED) is 0.632. The Morgan fingerprint density at radius 1 is 1.34 bits per heavy atom. The lowest BCUT2D eigenvalue weighted by Gasteiger charge is -2.16. The first-order valence-corrected chi connectivity index (χ1v) is 9.50. The van der Waals surface area contributed by atoms with Crippen molar-refractivity contribution in [3.05, 3.63) is 53.2 Å². The van der Waals surface area contributed by atoms with Gasteiger partial charge in [-0.2, -0.15) is 0 Å². The van der Waals surface area contributed by atoms with Crippen LogP contribution in [0.25, 0.3) is 5.65 Å². The van der Waals surface area contributed by atoms with Crippen LogP contribution in [0.3, 0.4) is 0 Å². The Kier molecular flexibility index (Phi) is 5.11. The summed E-state index contributed by atoms with van der Waals surface area (Å²) >= 11 is 0. The molecule has 0 saturated heterocycles. The zero-order valence-corrected chi connectivity index (χ0v) is 16.3. The molecule has 1 atom stereocenters. The highest BCUT2D eigenvalue weighted by molar-refractivity contribution is 5.78. The summed E-state index contributed by atoms with van der Waals surface area (Å²) in [7, 11) is 0. The van der Waals surface area contributed by atoms with E-state index in [0.717, 1.165) is 28.2 Å². The van der Waals surface area contributed by atoms with Gasteiger partial charge in [0.15, 0.2) is 0 Å². The van der Waals surface area contributed by atoms with Crippen LogP contribution in [0, 0.1) is 6.92 Å². The molecule has 2 N–H and O–H groups in total. The van der Waals surface area contributed by atoms with E-state index >= 15 is 0 Å². The van der Waals surface area contributed by atoms with Gasteiger partial charge in [0, 0.05) is 30.9 Å². The molecule has 0 fully saturated rings. The minimum atomic E-state index is -0.369. The van der Waals surface area contributed by atoms with Crippen molar-refractivity contribution in [2.75, 3.05) is 18.5 Å². The number of ether oxygens (including phenoxy) is 1. The standard InChI is InChI=1S/C20H22N6O3/c1-3-29-18(28)10-24-20-22-7-13(8-23-20)14-6-17(27)21-9-15-19(14)26-11-12(2)4-5-16(26)25-15/h4-5,7-8,11,14H,3,6,9-10H2,1-2H3,(H,21,27)(H,22,23,24)/t14-/m0/s1. The smallest absolute Gasteiger partial charge is 0.325 e. The number of pyridine rings is 1. The van der Waals surface area contributed by atoms with Gasteiger partial charge in [-0.1, -0.05) is 6.07 Å². The van der Waals surface area contributed by atoms with Crippen LogP contribution in [-0.4, -0.2) is 44.4 Å². The third kappa shape index (κ3) is 3.89. The van der Waals surface area contributed by atoms with Gasteiger partial charge in [-0.25, -0.2) is 15.0 Å². The summed E-state index contributed by atoms with van der Waals surface area (Å²) < 4.78 is 6.92. The second kappa shape index (κ2) is 7.86. The Hall–Kier alpha value is -3.49. The van der Waals surface area contributed by atoms with E-state index < -0.39 is 0 Å². The maximum absolute atomic E-state index is 12.3. The van der Waals surface area contributed by atoms with Gasteiger partial charge in [-0.3, -0.25) is 9.59 Å². The van der Waals surface area contributed by atoms with E-state index in [4.69, 9.17) is 9.72 Å². The SMILES string of the molecule is CCOC(=O)CNc1ncc([C@@H]2CC(=O)NCc3nc4ccc(C)cn4c32)cn1. The molecule has 9 heteroatoms. The van der Waals surface area contributed by atoms with Crippen molar-refractivity contribution in [1.82, 2.24) is 24.7 Å². The van der Waals surface area contributed by atoms with Crippen molar-refractivity contribution >= 4 is 23.5 Å². The minimum absolute atomic E-state index is 0.00426. The fraction of sp³-hybridized carbons (Fsp3) is 0.350. The van der Waals surface area contributed by atoms with Crippen molar-refractivity contribution in [3.63, 3.8) is 0 Å². The number of carbonyl (C=O) groups excluding carboxylic acids is 2. The predicted octanol–water partition coefficient (Wildman–Crippen LogP) is 1.56. The van der Waals surface area contributed by atoms with Crippen molar-refractivity contribution in [1.29, 1.82) is 0 Å². The molecule has 0 bridgehead atoms. The molecule has 0 spiro atoms. The monoisotopic (exact) mass is 394 g/mol. The first kappa shape index (κ1) is 18.9. The predicted molar refractivity (Wildman–Crippen MR) is 105 cm³/mol. The summed E-state index contributed by atoms with van der Waals surface area (Å²) in [6.07, 6.45) is 5.68. The van der Waals surface area contributed by atoms with Gasteiger partial charge in [0.05, 0.1) is 24.5 Å². The largest absolute Gasteiger partial charge is 0.465 e. The number of nitrogens with one attached hydrogen (secondary N) is 2. The first-order valence-electron chi connectivity index (χ1n) is 9.50.